The number of anilines is 1. The number of nitro benzene ring substituents is 2. The van der Waals surface area contributed by atoms with E-state index in [0.29, 0.717) is 19.8 Å². The predicted molar refractivity (Wildman–Crippen MR) is 105 cm³/mol. The van der Waals surface area contributed by atoms with Gasteiger partial charge in [0.1, 0.15) is 5.69 Å². The molecule has 1 unspecified atom stereocenters. The third-order valence-corrected chi connectivity index (χ3v) is 4.74. The molecule has 0 spiro atoms. The van der Waals surface area contributed by atoms with Gasteiger partial charge in [0.2, 0.25) is 0 Å². The van der Waals surface area contributed by atoms with E-state index in [9.17, 15) is 20.2 Å². The topological polar surface area (TPSA) is 111 Å². The van der Waals surface area contributed by atoms with Crippen molar-refractivity contribution >= 4 is 17.1 Å². The molecule has 0 aliphatic carbocycles. The average Bonchev–Trinajstić information content (AvgIpc) is 2.69. The van der Waals surface area contributed by atoms with Crippen molar-refractivity contribution < 1.29 is 14.6 Å². The van der Waals surface area contributed by atoms with Gasteiger partial charge in [-0.15, -0.1) is 0 Å². The lowest BCUT2D eigenvalue weighted by Crippen LogP contribution is -2.40. The van der Waals surface area contributed by atoms with Gasteiger partial charge in [-0.1, -0.05) is 29.8 Å². The molecule has 1 aliphatic rings. The van der Waals surface area contributed by atoms with Crippen LogP contribution in [-0.4, -0.2) is 47.6 Å². The van der Waals surface area contributed by atoms with Gasteiger partial charge in [-0.3, -0.25) is 25.1 Å². The number of morpholine rings is 1. The van der Waals surface area contributed by atoms with Gasteiger partial charge in [0.25, 0.3) is 11.4 Å². The van der Waals surface area contributed by atoms with Gasteiger partial charge in [0, 0.05) is 25.7 Å². The Hall–Kier alpha value is -3.04. The van der Waals surface area contributed by atoms with Crippen molar-refractivity contribution in [1.29, 1.82) is 0 Å². The largest absolute Gasteiger partial charge is 0.379 e. The number of benzene rings is 2. The van der Waals surface area contributed by atoms with Gasteiger partial charge in [-0.25, -0.2) is 0 Å². The minimum Gasteiger partial charge on any atom is -0.379 e. The molecule has 1 fully saturated rings. The molecule has 1 heterocycles. The van der Waals surface area contributed by atoms with Crippen molar-refractivity contribution in [2.75, 3.05) is 38.2 Å². The van der Waals surface area contributed by atoms with Crippen LogP contribution >= 0.6 is 0 Å². The summed E-state index contributed by atoms with van der Waals surface area (Å²) >= 11 is 0. The van der Waals surface area contributed by atoms with Crippen LogP contribution in [0, 0.1) is 27.2 Å². The van der Waals surface area contributed by atoms with E-state index in [1.807, 2.05) is 31.2 Å². The molecular formula is C19H22N4O5. The Labute approximate surface area is 162 Å². The molecule has 2 aromatic rings. The summed E-state index contributed by atoms with van der Waals surface area (Å²) in [4.78, 5) is 23.4. The van der Waals surface area contributed by atoms with Gasteiger partial charge in [0.15, 0.2) is 0 Å². The Balaban J connectivity index is 1.90. The molecule has 1 saturated heterocycles. The maximum atomic E-state index is 11.5. The van der Waals surface area contributed by atoms with Gasteiger partial charge in [-0.2, -0.15) is 0 Å². The van der Waals surface area contributed by atoms with Gasteiger partial charge >= 0.3 is 0 Å². The van der Waals surface area contributed by atoms with Crippen molar-refractivity contribution in [2.45, 2.75) is 13.0 Å². The lowest BCUT2D eigenvalue weighted by Gasteiger charge is -2.31. The highest BCUT2D eigenvalue weighted by molar-refractivity contribution is 5.66. The molecule has 1 aliphatic heterocycles. The van der Waals surface area contributed by atoms with Gasteiger partial charge in [-0.05, 0) is 18.6 Å². The van der Waals surface area contributed by atoms with Crippen molar-refractivity contribution in [3.05, 3.63) is 73.8 Å². The molecule has 28 heavy (non-hydrogen) atoms. The van der Waals surface area contributed by atoms with Crippen LogP contribution in [0.15, 0.2) is 42.5 Å². The average molecular weight is 386 g/mol. The van der Waals surface area contributed by atoms with Crippen LogP contribution in [0.25, 0.3) is 0 Å². The second-order valence-corrected chi connectivity index (χ2v) is 6.74. The molecule has 0 saturated carbocycles. The Kier molecular flexibility index (Phi) is 6.17. The Morgan fingerprint density at radius 3 is 2.36 bits per heavy atom. The second kappa shape index (κ2) is 8.77. The highest BCUT2D eigenvalue weighted by atomic mass is 16.6. The number of ether oxygens (including phenoxy) is 1. The Bertz CT molecular complexity index is 850. The molecule has 1 N–H and O–H groups in total. The number of hydrogen-bond acceptors (Lipinski definition) is 7. The van der Waals surface area contributed by atoms with Crippen LogP contribution in [0.2, 0.25) is 0 Å². The molecular weight excluding hydrogens is 364 g/mol. The van der Waals surface area contributed by atoms with Gasteiger partial charge < -0.3 is 10.1 Å². The fourth-order valence-electron chi connectivity index (χ4n) is 3.17. The van der Waals surface area contributed by atoms with Crippen LogP contribution in [-0.2, 0) is 4.74 Å². The number of nitro groups is 2. The monoisotopic (exact) mass is 386 g/mol. The first kappa shape index (κ1) is 19.7. The molecule has 1 atom stereocenters. The standard InChI is InChI=1S/C19H22N4O5/c1-14-2-4-15(5-3-14)18(13-21-8-10-28-11-9-21)20-17-7-6-16(22(24)25)12-19(17)23(26)27/h2-7,12,18,20H,8-11,13H2,1H3. The molecule has 148 valence electrons. The molecule has 3 rings (SSSR count). The number of nitrogens with zero attached hydrogens (tertiary/aromatic N) is 3. The number of aryl methyl sites for hydroxylation is 1. The van der Waals surface area contributed by atoms with Crippen LogP contribution < -0.4 is 5.32 Å². The van der Waals surface area contributed by atoms with Crippen LogP contribution in [0.5, 0.6) is 0 Å². The van der Waals surface area contributed by atoms with Crippen LogP contribution in [0.1, 0.15) is 17.2 Å². The normalized spacial score (nSPS) is 15.8. The Morgan fingerprint density at radius 1 is 1.07 bits per heavy atom. The summed E-state index contributed by atoms with van der Waals surface area (Å²) in [6, 6.07) is 11.4. The van der Waals surface area contributed by atoms with Crippen molar-refractivity contribution in [3.8, 4) is 0 Å². The molecule has 0 amide bonds. The first-order valence-electron chi connectivity index (χ1n) is 9.00. The summed E-state index contributed by atoms with van der Waals surface area (Å²) in [7, 11) is 0. The summed E-state index contributed by atoms with van der Waals surface area (Å²) < 4.78 is 5.39. The van der Waals surface area contributed by atoms with E-state index in [4.69, 9.17) is 4.74 Å². The minimum atomic E-state index is -0.637. The summed E-state index contributed by atoms with van der Waals surface area (Å²) in [6.07, 6.45) is 0. The van der Waals surface area contributed by atoms with Crippen molar-refractivity contribution in [2.24, 2.45) is 0 Å². The Morgan fingerprint density at radius 2 is 1.75 bits per heavy atom. The summed E-state index contributed by atoms with van der Waals surface area (Å²) in [6.45, 7) is 5.51. The summed E-state index contributed by atoms with van der Waals surface area (Å²) in [5.74, 6) is 0. The zero-order chi connectivity index (χ0) is 20.1. The molecule has 9 nitrogen and oxygen atoms in total. The first-order valence-corrected chi connectivity index (χ1v) is 9.00. The van der Waals surface area contributed by atoms with E-state index in [0.717, 1.165) is 30.3 Å². The van der Waals surface area contributed by atoms with E-state index in [2.05, 4.69) is 10.2 Å². The number of nitrogens with one attached hydrogen (secondary N) is 1. The van der Waals surface area contributed by atoms with E-state index in [1.54, 1.807) is 0 Å². The predicted octanol–water partition coefficient (Wildman–Crippen LogP) is 3.30. The molecule has 0 bridgehead atoms. The molecule has 0 aromatic heterocycles. The fraction of sp³-hybridized carbons (Fsp3) is 0.368. The molecule has 9 heteroatoms. The maximum absolute atomic E-state index is 11.5. The molecule has 2 aromatic carbocycles. The minimum absolute atomic E-state index is 0.209. The highest BCUT2D eigenvalue weighted by Gasteiger charge is 2.24. The SMILES string of the molecule is Cc1ccc(C(CN2CCOCC2)Nc2ccc([N+](=O)[O-])cc2[N+](=O)[O-])cc1. The lowest BCUT2D eigenvalue weighted by atomic mass is 10.0. The zero-order valence-corrected chi connectivity index (χ0v) is 15.5. The zero-order valence-electron chi connectivity index (χ0n) is 15.5. The number of hydrogen-bond donors (Lipinski definition) is 1. The van der Waals surface area contributed by atoms with E-state index in [-0.39, 0.29) is 23.1 Å². The van der Waals surface area contributed by atoms with Gasteiger partial charge in [0.05, 0.1) is 35.2 Å². The highest BCUT2D eigenvalue weighted by Crippen LogP contribution is 2.32. The quantitative estimate of drug-likeness (QED) is 0.574. The first-order chi connectivity index (χ1) is 13.4. The summed E-state index contributed by atoms with van der Waals surface area (Å²) in [5.41, 5.74) is 1.75. The number of non-ortho nitro benzene ring substituents is 1. The third kappa shape index (κ3) is 4.81. The smallest absolute Gasteiger partial charge is 0.299 e. The fourth-order valence-corrected chi connectivity index (χ4v) is 3.17. The number of rotatable bonds is 7. The van der Waals surface area contributed by atoms with Crippen molar-refractivity contribution in [1.82, 2.24) is 4.90 Å². The van der Waals surface area contributed by atoms with E-state index < -0.39 is 9.85 Å². The third-order valence-electron chi connectivity index (χ3n) is 4.74. The van der Waals surface area contributed by atoms with Crippen molar-refractivity contribution in [3.63, 3.8) is 0 Å². The van der Waals surface area contributed by atoms with E-state index >= 15 is 0 Å². The maximum Gasteiger partial charge on any atom is 0.299 e. The summed E-state index contributed by atoms with van der Waals surface area (Å²) in [5, 5.41) is 25.7. The van der Waals surface area contributed by atoms with Crippen LogP contribution in [0.3, 0.4) is 0 Å². The molecule has 0 radical (unpaired) electrons. The van der Waals surface area contributed by atoms with E-state index in [1.165, 1.54) is 12.1 Å². The van der Waals surface area contributed by atoms with Crippen LogP contribution in [0.4, 0.5) is 17.1 Å². The lowest BCUT2D eigenvalue weighted by molar-refractivity contribution is -0.393. The second-order valence-electron chi connectivity index (χ2n) is 6.74.